The first-order valence-corrected chi connectivity index (χ1v) is 9.62. The Bertz CT molecular complexity index is 744. The fourth-order valence-electron chi connectivity index (χ4n) is 2.35. The normalized spacial score (nSPS) is 12.2. The van der Waals surface area contributed by atoms with Gasteiger partial charge in [0.05, 0.1) is 12.5 Å². The van der Waals surface area contributed by atoms with E-state index in [1.165, 1.54) is 0 Å². The van der Waals surface area contributed by atoms with Crippen molar-refractivity contribution in [1.29, 1.82) is 0 Å². The van der Waals surface area contributed by atoms with E-state index in [4.69, 9.17) is 14.9 Å². The van der Waals surface area contributed by atoms with Crippen molar-refractivity contribution in [2.45, 2.75) is 37.5 Å². The van der Waals surface area contributed by atoms with Gasteiger partial charge < -0.3 is 14.9 Å². The van der Waals surface area contributed by atoms with Crippen LogP contribution in [0.5, 0.6) is 0 Å². The molecule has 6 heteroatoms. The summed E-state index contributed by atoms with van der Waals surface area (Å²) in [5, 5.41) is 0.980. The minimum absolute atomic E-state index is 0.215. The van der Waals surface area contributed by atoms with Gasteiger partial charge >= 0.3 is 11.6 Å². The smallest absolute Gasteiger partial charge is 0.337 e. The van der Waals surface area contributed by atoms with Gasteiger partial charge in [-0.25, -0.2) is 4.79 Å². The van der Waals surface area contributed by atoms with E-state index < -0.39 is 0 Å². The number of carbonyl (C=O) groups excluding carboxylic acids is 1. The number of carbonyl (C=O) groups is 1. The number of nitrogens with two attached hydrogens (primary N) is 1. The number of unbranched alkanes of at least 4 members (excludes halogenated alkanes) is 3. The zero-order valence-electron chi connectivity index (χ0n) is 14.5. The van der Waals surface area contributed by atoms with E-state index in [1.54, 1.807) is 24.8 Å². The number of para-hydroxylation sites is 1. The average molecular weight is 363 g/mol. The van der Waals surface area contributed by atoms with Gasteiger partial charge in [-0.1, -0.05) is 38.0 Å². The van der Waals surface area contributed by atoms with Crippen molar-refractivity contribution in [3.63, 3.8) is 0 Å². The van der Waals surface area contributed by atoms with Crippen LogP contribution in [0.15, 0.2) is 44.4 Å². The van der Waals surface area contributed by atoms with Gasteiger partial charge in [-0.15, -0.1) is 11.8 Å². The van der Waals surface area contributed by atoms with Gasteiger partial charge in [0, 0.05) is 22.9 Å². The second-order valence-electron chi connectivity index (χ2n) is 5.99. The Morgan fingerprint density at radius 2 is 2.00 bits per heavy atom. The van der Waals surface area contributed by atoms with E-state index >= 15 is 0 Å². The van der Waals surface area contributed by atoms with Crippen LogP contribution in [0.3, 0.4) is 0 Å². The highest BCUT2D eigenvalue weighted by Gasteiger charge is 2.11. The second-order valence-corrected chi connectivity index (χ2v) is 7.13. The highest BCUT2D eigenvalue weighted by Crippen LogP contribution is 2.27. The van der Waals surface area contributed by atoms with Gasteiger partial charge in [-0.3, -0.25) is 4.79 Å². The molecule has 1 atom stereocenters. The Morgan fingerprint density at radius 3 is 2.80 bits per heavy atom. The molecular weight excluding hydrogens is 338 g/mol. The summed E-state index contributed by atoms with van der Waals surface area (Å²) in [5.41, 5.74) is 5.74. The summed E-state index contributed by atoms with van der Waals surface area (Å²) in [6.07, 6.45) is 4.00. The molecule has 1 unspecified atom stereocenters. The molecule has 2 rings (SSSR count). The van der Waals surface area contributed by atoms with E-state index in [2.05, 4.69) is 0 Å². The van der Waals surface area contributed by atoms with Crippen LogP contribution in [0.25, 0.3) is 11.0 Å². The maximum absolute atomic E-state index is 11.6. The molecule has 0 saturated carbocycles. The molecule has 1 aromatic heterocycles. The highest BCUT2D eigenvalue weighted by molar-refractivity contribution is 7.99. The van der Waals surface area contributed by atoms with Crippen LogP contribution in [0.1, 0.15) is 32.6 Å². The van der Waals surface area contributed by atoms with Crippen molar-refractivity contribution in [3.8, 4) is 0 Å². The Labute approximate surface area is 151 Å². The predicted molar refractivity (Wildman–Crippen MR) is 101 cm³/mol. The Balaban J connectivity index is 1.66. The fraction of sp³-hybridized carbons (Fsp3) is 0.474. The lowest BCUT2D eigenvalue weighted by Crippen LogP contribution is -2.23. The number of hydrogen-bond donors (Lipinski definition) is 1. The lowest BCUT2D eigenvalue weighted by atomic mass is 10.2. The molecule has 1 aromatic carbocycles. The molecule has 0 aliphatic rings. The summed E-state index contributed by atoms with van der Waals surface area (Å²) in [6, 6.07) is 9.15. The quantitative estimate of drug-likeness (QED) is 0.301. The van der Waals surface area contributed by atoms with Crippen molar-refractivity contribution in [3.05, 3.63) is 40.8 Å². The van der Waals surface area contributed by atoms with E-state index in [9.17, 15) is 9.59 Å². The molecule has 0 bridgehead atoms. The van der Waals surface area contributed by atoms with Gasteiger partial charge in [0.15, 0.2) is 0 Å². The molecule has 0 fully saturated rings. The maximum atomic E-state index is 11.6. The minimum atomic E-state index is -0.310. The Hall–Kier alpha value is -1.79. The summed E-state index contributed by atoms with van der Waals surface area (Å²) >= 11 is 1.68. The van der Waals surface area contributed by atoms with Crippen molar-refractivity contribution >= 4 is 28.7 Å². The van der Waals surface area contributed by atoms with Gasteiger partial charge in [-0.2, -0.15) is 0 Å². The molecular formula is C19H25NO4S. The number of fused-ring (bicyclic) bond motifs is 1. The van der Waals surface area contributed by atoms with E-state index in [0.29, 0.717) is 18.7 Å². The molecule has 0 aliphatic carbocycles. The topological polar surface area (TPSA) is 82.5 Å². The zero-order chi connectivity index (χ0) is 18.1. The summed E-state index contributed by atoms with van der Waals surface area (Å²) in [7, 11) is 0. The van der Waals surface area contributed by atoms with Gasteiger partial charge in [0.2, 0.25) is 0 Å². The summed E-state index contributed by atoms with van der Waals surface area (Å²) in [6.45, 7) is 2.55. The van der Waals surface area contributed by atoms with E-state index in [1.807, 2.05) is 24.3 Å². The molecule has 5 nitrogen and oxygen atoms in total. The Morgan fingerprint density at radius 1 is 1.24 bits per heavy atom. The molecule has 2 aromatic rings. The van der Waals surface area contributed by atoms with Gasteiger partial charge in [0.25, 0.3) is 0 Å². The SMILES string of the molecule is CC(CN)C(=O)OCCCCCCSc1cc(=O)oc2ccccc12. The first-order valence-electron chi connectivity index (χ1n) is 8.64. The van der Waals surface area contributed by atoms with Crippen molar-refractivity contribution in [1.82, 2.24) is 0 Å². The van der Waals surface area contributed by atoms with Crippen molar-refractivity contribution in [2.75, 3.05) is 18.9 Å². The van der Waals surface area contributed by atoms with Crippen molar-refractivity contribution in [2.24, 2.45) is 11.7 Å². The Kier molecular flexibility index (Phi) is 8.01. The number of benzene rings is 1. The molecule has 136 valence electrons. The third-order valence-electron chi connectivity index (χ3n) is 3.91. The standard InChI is InChI=1S/C19H25NO4S/c1-14(13-20)19(22)23-10-6-2-3-7-11-25-17-12-18(21)24-16-9-5-4-8-15(16)17/h4-5,8-9,12,14H,2-3,6-7,10-11,13,20H2,1H3. The molecule has 1 heterocycles. The number of rotatable bonds is 10. The number of ether oxygens (including phenoxy) is 1. The van der Waals surface area contributed by atoms with Crippen molar-refractivity contribution < 1.29 is 13.9 Å². The molecule has 0 aliphatic heterocycles. The largest absolute Gasteiger partial charge is 0.465 e. The fourth-order valence-corrected chi connectivity index (χ4v) is 3.42. The molecule has 2 N–H and O–H groups in total. The molecule has 0 radical (unpaired) electrons. The van der Waals surface area contributed by atoms with Crippen LogP contribution < -0.4 is 11.4 Å². The number of esters is 1. The number of hydrogen-bond acceptors (Lipinski definition) is 6. The zero-order valence-corrected chi connectivity index (χ0v) is 15.3. The van der Waals surface area contributed by atoms with Gasteiger partial charge in [0.1, 0.15) is 5.58 Å². The van der Waals surface area contributed by atoms with Crippen LogP contribution in [0.2, 0.25) is 0 Å². The van der Waals surface area contributed by atoms with Gasteiger partial charge in [-0.05, 0) is 24.7 Å². The van der Waals surface area contributed by atoms with E-state index in [-0.39, 0.29) is 17.5 Å². The predicted octanol–water partition coefficient (Wildman–Crippen LogP) is 3.58. The number of thioether (sulfide) groups is 1. The molecule has 25 heavy (non-hydrogen) atoms. The molecule has 0 saturated heterocycles. The maximum Gasteiger partial charge on any atom is 0.337 e. The summed E-state index contributed by atoms with van der Waals surface area (Å²) in [5.74, 6) is 0.500. The third kappa shape index (κ3) is 6.21. The van der Waals surface area contributed by atoms with E-state index in [0.717, 1.165) is 41.7 Å². The van der Waals surface area contributed by atoms with Crippen LogP contribution >= 0.6 is 11.8 Å². The monoisotopic (exact) mass is 363 g/mol. The first-order chi connectivity index (χ1) is 12.1. The van der Waals surface area contributed by atoms with Crippen LogP contribution in [-0.2, 0) is 9.53 Å². The first kappa shape index (κ1) is 19.5. The second kappa shape index (κ2) is 10.3. The highest BCUT2D eigenvalue weighted by atomic mass is 32.2. The lowest BCUT2D eigenvalue weighted by molar-refractivity contribution is -0.147. The van der Waals surface area contributed by atoms with Crippen LogP contribution in [0, 0.1) is 5.92 Å². The summed E-state index contributed by atoms with van der Waals surface area (Å²) in [4.78, 5) is 24.0. The molecule has 0 spiro atoms. The third-order valence-corrected chi connectivity index (χ3v) is 5.05. The molecule has 0 amide bonds. The average Bonchev–Trinajstić information content (AvgIpc) is 2.62. The lowest BCUT2D eigenvalue weighted by Gasteiger charge is -2.09. The summed E-state index contributed by atoms with van der Waals surface area (Å²) < 4.78 is 10.4. The van der Waals surface area contributed by atoms with Crippen LogP contribution in [0.4, 0.5) is 0 Å². The van der Waals surface area contributed by atoms with Crippen LogP contribution in [-0.4, -0.2) is 24.9 Å². The minimum Gasteiger partial charge on any atom is -0.465 e.